The molecular weight excluding hydrogens is 312 g/mol. The van der Waals surface area contributed by atoms with Gasteiger partial charge < -0.3 is 10.1 Å². The molecule has 4 heteroatoms. The third-order valence-corrected chi connectivity index (χ3v) is 4.01. The van der Waals surface area contributed by atoms with Crippen LogP contribution in [0.3, 0.4) is 0 Å². The summed E-state index contributed by atoms with van der Waals surface area (Å²) < 4.78 is 5.86. The molecule has 1 amide bonds. The number of nitrogens with one attached hydrogen (secondary N) is 1. The second kappa shape index (κ2) is 8.83. The van der Waals surface area contributed by atoms with Crippen LogP contribution >= 0.6 is 0 Å². The van der Waals surface area contributed by atoms with Gasteiger partial charge in [-0.2, -0.15) is 0 Å². The lowest BCUT2D eigenvalue weighted by atomic mass is 10.1. The lowest BCUT2D eigenvalue weighted by Gasteiger charge is -2.09. The van der Waals surface area contributed by atoms with E-state index in [2.05, 4.69) is 28.5 Å². The molecule has 3 rings (SSSR count). The second-order valence-electron chi connectivity index (χ2n) is 5.89. The summed E-state index contributed by atoms with van der Waals surface area (Å²) in [6.07, 6.45) is 5.54. The quantitative estimate of drug-likeness (QED) is 0.638. The first kappa shape index (κ1) is 17.0. The Kier molecular flexibility index (Phi) is 5.99. The van der Waals surface area contributed by atoms with Gasteiger partial charge in [0.25, 0.3) is 0 Å². The summed E-state index contributed by atoms with van der Waals surface area (Å²) in [7, 11) is 0. The smallest absolute Gasteiger partial charge is 0.220 e. The first-order chi connectivity index (χ1) is 12.3. The number of benzene rings is 2. The summed E-state index contributed by atoms with van der Waals surface area (Å²) in [5.74, 6) is 0.931. The zero-order chi connectivity index (χ0) is 17.3. The number of hydrogen-bond acceptors (Lipinski definition) is 3. The molecule has 0 aliphatic rings. The molecule has 25 heavy (non-hydrogen) atoms. The first-order valence-electron chi connectivity index (χ1n) is 8.59. The molecule has 0 spiro atoms. The van der Waals surface area contributed by atoms with Gasteiger partial charge in [0.05, 0.1) is 6.61 Å². The number of carbonyl (C=O) groups excluding carboxylic acids is 1. The fraction of sp³-hybridized carbons (Fsp3) is 0.238. The van der Waals surface area contributed by atoms with Crippen LogP contribution < -0.4 is 10.1 Å². The lowest BCUT2D eigenvalue weighted by Crippen LogP contribution is -2.25. The zero-order valence-corrected chi connectivity index (χ0v) is 14.2. The normalized spacial score (nSPS) is 10.6. The molecule has 0 aliphatic heterocycles. The average molecular weight is 334 g/mol. The fourth-order valence-corrected chi connectivity index (χ4v) is 2.72. The van der Waals surface area contributed by atoms with Crippen molar-refractivity contribution in [1.29, 1.82) is 0 Å². The van der Waals surface area contributed by atoms with E-state index in [4.69, 9.17) is 4.74 Å². The van der Waals surface area contributed by atoms with Gasteiger partial charge in [-0.25, -0.2) is 0 Å². The largest absolute Gasteiger partial charge is 0.493 e. The molecule has 0 unspecified atom stereocenters. The van der Waals surface area contributed by atoms with Gasteiger partial charge >= 0.3 is 0 Å². The topological polar surface area (TPSA) is 51.2 Å². The van der Waals surface area contributed by atoms with Crippen LogP contribution in [-0.2, 0) is 11.2 Å². The molecule has 0 radical (unpaired) electrons. The van der Waals surface area contributed by atoms with Crippen LogP contribution in [0.4, 0.5) is 0 Å². The molecule has 0 bridgehead atoms. The van der Waals surface area contributed by atoms with Crippen LogP contribution in [0.1, 0.15) is 18.4 Å². The molecule has 0 atom stereocenters. The van der Waals surface area contributed by atoms with Crippen LogP contribution in [0.25, 0.3) is 10.8 Å². The molecule has 3 aromatic rings. The minimum Gasteiger partial charge on any atom is -0.493 e. The van der Waals surface area contributed by atoms with Crippen molar-refractivity contribution in [3.8, 4) is 5.75 Å². The van der Waals surface area contributed by atoms with E-state index in [1.54, 1.807) is 6.20 Å². The van der Waals surface area contributed by atoms with Gasteiger partial charge in [0.2, 0.25) is 5.91 Å². The maximum Gasteiger partial charge on any atom is 0.220 e. The van der Waals surface area contributed by atoms with Crippen LogP contribution in [0, 0.1) is 0 Å². The molecule has 2 aromatic carbocycles. The Morgan fingerprint density at radius 2 is 1.92 bits per heavy atom. The van der Waals surface area contributed by atoms with E-state index in [9.17, 15) is 4.79 Å². The molecular formula is C21H22N2O2. The highest BCUT2D eigenvalue weighted by atomic mass is 16.5. The van der Waals surface area contributed by atoms with Crippen molar-refractivity contribution in [2.24, 2.45) is 0 Å². The van der Waals surface area contributed by atoms with Gasteiger partial charge in [-0.15, -0.1) is 0 Å². The van der Waals surface area contributed by atoms with Gasteiger partial charge in [-0.3, -0.25) is 9.78 Å². The number of rotatable bonds is 8. The third kappa shape index (κ3) is 5.05. The van der Waals surface area contributed by atoms with E-state index in [1.165, 1.54) is 0 Å². The summed E-state index contributed by atoms with van der Waals surface area (Å²) in [5, 5.41) is 5.20. The van der Waals surface area contributed by atoms with E-state index >= 15 is 0 Å². The van der Waals surface area contributed by atoms with Gasteiger partial charge in [0, 0.05) is 30.7 Å². The maximum absolute atomic E-state index is 11.9. The highest BCUT2D eigenvalue weighted by molar-refractivity contribution is 5.88. The first-order valence-corrected chi connectivity index (χ1v) is 8.59. The van der Waals surface area contributed by atoms with Crippen molar-refractivity contribution >= 4 is 16.7 Å². The number of pyridine rings is 1. The Morgan fingerprint density at radius 3 is 2.80 bits per heavy atom. The number of carbonyl (C=O) groups is 1. The number of nitrogens with zero attached hydrogens (tertiary/aromatic N) is 1. The Bertz CT molecular complexity index is 813. The minimum absolute atomic E-state index is 0.0606. The SMILES string of the molecule is O=C(CCCOc1cccc2ccccc12)NCCc1cccnc1. The van der Waals surface area contributed by atoms with E-state index in [1.807, 2.05) is 42.6 Å². The Labute approximate surface area is 147 Å². The van der Waals surface area contributed by atoms with Crippen molar-refractivity contribution in [3.05, 3.63) is 72.6 Å². The number of ether oxygens (including phenoxy) is 1. The summed E-state index contributed by atoms with van der Waals surface area (Å²) in [5.41, 5.74) is 1.13. The maximum atomic E-state index is 11.9. The number of hydrogen-bond donors (Lipinski definition) is 1. The molecule has 0 fully saturated rings. The molecule has 1 aromatic heterocycles. The van der Waals surface area contributed by atoms with Crippen LogP contribution in [0.15, 0.2) is 67.0 Å². The molecule has 1 N–H and O–H groups in total. The fourth-order valence-electron chi connectivity index (χ4n) is 2.72. The molecule has 1 heterocycles. The van der Waals surface area contributed by atoms with Crippen LogP contribution in [-0.4, -0.2) is 24.0 Å². The monoisotopic (exact) mass is 334 g/mol. The molecule has 0 saturated carbocycles. The third-order valence-electron chi connectivity index (χ3n) is 4.01. The van der Waals surface area contributed by atoms with Gasteiger partial charge in [-0.1, -0.05) is 42.5 Å². The van der Waals surface area contributed by atoms with Crippen LogP contribution in [0.2, 0.25) is 0 Å². The second-order valence-corrected chi connectivity index (χ2v) is 5.89. The summed E-state index contributed by atoms with van der Waals surface area (Å²) >= 11 is 0. The Morgan fingerprint density at radius 1 is 1.04 bits per heavy atom. The number of aromatic nitrogens is 1. The van der Waals surface area contributed by atoms with Gasteiger partial charge in [-0.05, 0) is 35.9 Å². The minimum atomic E-state index is 0.0606. The van der Waals surface area contributed by atoms with Crippen molar-refractivity contribution in [2.45, 2.75) is 19.3 Å². The molecule has 128 valence electrons. The molecule has 0 aliphatic carbocycles. The van der Waals surface area contributed by atoms with E-state index in [0.717, 1.165) is 28.5 Å². The average Bonchev–Trinajstić information content (AvgIpc) is 2.66. The van der Waals surface area contributed by atoms with Crippen molar-refractivity contribution in [1.82, 2.24) is 10.3 Å². The predicted octanol–water partition coefficient (Wildman–Crippen LogP) is 3.75. The Hall–Kier alpha value is -2.88. The summed E-state index contributed by atoms with van der Waals surface area (Å²) in [6.45, 7) is 1.17. The summed E-state index contributed by atoms with van der Waals surface area (Å²) in [6, 6.07) is 18.1. The molecule has 0 saturated heterocycles. The zero-order valence-electron chi connectivity index (χ0n) is 14.2. The number of amides is 1. The van der Waals surface area contributed by atoms with Gasteiger partial charge in [0.15, 0.2) is 0 Å². The standard InChI is InChI=1S/C21H22N2O2/c24-21(23-14-12-17-6-4-13-22-16-17)11-5-15-25-20-10-3-8-18-7-1-2-9-19(18)20/h1-4,6-10,13,16H,5,11-12,14-15H2,(H,23,24). The molecule has 4 nitrogen and oxygen atoms in total. The van der Waals surface area contributed by atoms with Crippen molar-refractivity contribution in [2.75, 3.05) is 13.2 Å². The summed E-state index contributed by atoms with van der Waals surface area (Å²) in [4.78, 5) is 15.9. The van der Waals surface area contributed by atoms with E-state index in [0.29, 0.717) is 26.0 Å². The Balaban J connectivity index is 1.37. The lowest BCUT2D eigenvalue weighted by molar-refractivity contribution is -0.121. The number of fused-ring (bicyclic) bond motifs is 1. The van der Waals surface area contributed by atoms with E-state index in [-0.39, 0.29) is 5.91 Å². The van der Waals surface area contributed by atoms with E-state index < -0.39 is 0 Å². The predicted molar refractivity (Wildman–Crippen MR) is 99.6 cm³/mol. The van der Waals surface area contributed by atoms with Crippen molar-refractivity contribution < 1.29 is 9.53 Å². The van der Waals surface area contributed by atoms with Gasteiger partial charge in [0.1, 0.15) is 5.75 Å². The highest BCUT2D eigenvalue weighted by Crippen LogP contribution is 2.25. The van der Waals surface area contributed by atoms with Crippen LogP contribution in [0.5, 0.6) is 5.75 Å². The highest BCUT2D eigenvalue weighted by Gasteiger charge is 2.04. The van der Waals surface area contributed by atoms with Crippen molar-refractivity contribution in [3.63, 3.8) is 0 Å².